The van der Waals surface area contributed by atoms with Gasteiger partial charge >= 0.3 is 0 Å². The van der Waals surface area contributed by atoms with Crippen molar-refractivity contribution in [1.29, 1.82) is 0 Å². The molecule has 4 heteroatoms. The molecule has 0 saturated carbocycles. The first kappa shape index (κ1) is 12.2. The van der Waals surface area contributed by atoms with Crippen LogP contribution in [0.2, 0.25) is 0 Å². The van der Waals surface area contributed by atoms with Crippen LogP contribution < -0.4 is 5.73 Å². The third-order valence-corrected chi connectivity index (χ3v) is 4.01. The van der Waals surface area contributed by atoms with E-state index in [4.69, 9.17) is 5.73 Å². The quantitative estimate of drug-likeness (QED) is 0.885. The van der Waals surface area contributed by atoms with Crippen molar-refractivity contribution < 1.29 is 8.78 Å². The van der Waals surface area contributed by atoms with Crippen LogP contribution >= 0.6 is 11.3 Å². The normalized spacial score (nSPS) is 12.7. The van der Waals surface area contributed by atoms with Gasteiger partial charge in [-0.15, -0.1) is 11.3 Å². The molecular formula is C13H13F2NS. The minimum atomic E-state index is -0.557. The molecule has 0 aliphatic carbocycles. The highest BCUT2D eigenvalue weighted by Crippen LogP contribution is 2.33. The maximum atomic E-state index is 13.6. The molecule has 0 saturated heterocycles. The molecule has 2 aromatic rings. The fraction of sp³-hybridized carbons (Fsp3) is 0.231. The van der Waals surface area contributed by atoms with Gasteiger partial charge in [0.2, 0.25) is 0 Å². The number of nitrogens with two attached hydrogens (primary N) is 1. The Hall–Kier alpha value is -1.26. The molecule has 0 aliphatic heterocycles. The molecule has 0 spiro atoms. The molecule has 0 fully saturated rings. The zero-order valence-corrected chi connectivity index (χ0v) is 10.2. The molecule has 1 aromatic heterocycles. The number of rotatable bonds is 3. The van der Waals surface area contributed by atoms with E-state index < -0.39 is 11.6 Å². The minimum absolute atomic E-state index is 0.261. The molecule has 17 heavy (non-hydrogen) atoms. The Labute approximate surface area is 103 Å². The Morgan fingerprint density at radius 3 is 2.65 bits per heavy atom. The Morgan fingerprint density at radius 1 is 1.24 bits per heavy atom. The molecule has 1 aromatic carbocycles. The summed E-state index contributed by atoms with van der Waals surface area (Å²) >= 11 is 1.50. The van der Waals surface area contributed by atoms with Gasteiger partial charge < -0.3 is 5.73 Å². The zero-order chi connectivity index (χ0) is 12.4. The highest BCUT2D eigenvalue weighted by atomic mass is 32.1. The summed E-state index contributed by atoms with van der Waals surface area (Å²) in [4.78, 5) is 1.92. The smallest absolute Gasteiger partial charge is 0.134 e. The maximum absolute atomic E-state index is 13.6. The fourth-order valence-corrected chi connectivity index (χ4v) is 2.67. The average molecular weight is 253 g/mol. The van der Waals surface area contributed by atoms with Gasteiger partial charge in [0.15, 0.2) is 0 Å². The zero-order valence-electron chi connectivity index (χ0n) is 9.41. The van der Waals surface area contributed by atoms with Crippen LogP contribution in [0.25, 0.3) is 10.4 Å². The van der Waals surface area contributed by atoms with Crippen LogP contribution in [-0.4, -0.2) is 6.54 Å². The van der Waals surface area contributed by atoms with E-state index in [2.05, 4.69) is 0 Å². The Bertz CT molecular complexity index is 522. The van der Waals surface area contributed by atoms with Gasteiger partial charge in [0, 0.05) is 27.3 Å². The van der Waals surface area contributed by atoms with Gasteiger partial charge in [-0.2, -0.15) is 0 Å². The van der Waals surface area contributed by atoms with Crippen LogP contribution in [0.15, 0.2) is 30.3 Å². The van der Waals surface area contributed by atoms with Crippen molar-refractivity contribution in [3.8, 4) is 10.4 Å². The number of thiophene rings is 1. The Morgan fingerprint density at radius 2 is 2.00 bits per heavy atom. The molecule has 0 amide bonds. The lowest BCUT2D eigenvalue weighted by molar-refractivity contribution is 0.586. The van der Waals surface area contributed by atoms with E-state index >= 15 is 0 Å². The monoisotopic (exact) mass is 253 g/mol. The summed E-state index contributed by atoms with van der Waals surface area (Å²) in [6.07, 6.45) is 0. The molecule has 2 N–H and O–H groups in total. The molecule has 1 unspecified atom stereocenters. The fourth-order valence-electron chi connectivity index (χ4n) is 1.57. The molecule has 0 aliphatic rings. The van der Waals surface area contributed by atoms with Crippen molar-refractivity contribution in [2.75, 3.05) is 6.54 Å². The third-order valence-electron chi connectivity index (χ3n) is 2.66. The lowest BCUT2D eigenvalue weighted by Gasteiger charge is -2.04. The second-order valence-electron chi connectivity index (χ2n) is 3.96. The highest BCUT2D eigenvalue weighted by molar-refractivity contribution is 7.15. The summed E-state index contributed by atoms with van der Waals surface area (Å²) in [7, 11) is 0. The molecule has 0 radical (unpaired) electrons. The molecule has 90 valence electrons. The van der Waals surface area contributed by atoms with Crippen LogP contribution in [0.5, 0.6) is 0 Å². The topological polar surface area (TPSA) is 26.0 Å². The van der Waals surface area contributed by atoms with Gasteiger partial charge in [-0.1, -0.05) is 6.92 Å². The van der Waals surface area contributed by atoms with E-state index in [-0.39, 0.29) is 5.92 Å². The maximum Gasteiger partial charge on any atom is 0.134 e. The minimum Gasteiger partial charge on any atom is -0.330 e. The number of hydrogen-bond donors (Lipinski definition) is 1. The van der Waals surface area contributed by atoms with Gasteiger partial charge in [0.1, 0.15) is 11.6 Å². The van der Waals surface area contributed by atoms with Crippen LogP contribution in [-0.2, 0) is 0 Å². The molecule has 1 atom stereocenters. The molecule has 0 bridgehead atoms. The van der Waals surface area contributed by atoms with Crippen LogP contribution in [0.3, 0.4) is 0 Å². The first-order valence-corrected chi connectivity index (χ1v) is 6.18. The third kappa shape index (κ3) is 2.53. The second-order valence-corrected chi connectivity index (χ2v) is 5.08. The van der Waals surface area contributed by atoms with Crippen molar-refractivity contribution >= 4 is 11.3 Å². The summed E-state index contributed by atoms with van der Waals surface area (Å²) in [6.45, 7) is 2.59. The van der Waals surface area contributed by atoms with Crippen molar-refractivity contribution in [3.05, 3.63) is 46.8 Å². The van der Waals surface area contributed by atoms with Crippen molar-refractivity contribution in [2.24, 2.45) is 5.73 Å². The highest BCUT2D eigenvalue weighted by Gasteiger charge is 2.11. The molecule has 1 nitrogen and oxygen atoms in total. The lowest BCUT2D eigenvalue weighted by Crippen LogP contribution is -2.06. The molecule has 2 rings (SSSR count). The number of benzene rings is 1. The SMILES string of the molecule is CC(CN)c1ccc(-c2ccc(F)cc2F)s1. The van der Waals surface area contributed by atoms with Gasteiger partial charge in [0.05, 0.1) is 0 Å². The molecular weight excluding hydrogens is 240 g/mol. The average Bonchev–Trinajstić information content (AvgIpc) is 2.77. The first-order valence-electron chi connectivity index (χ1n) is 5.37. The standard InChI is InChI=1S/C13H13F2NS/c1-8(7-16)12-4-5-13(17-12)10-3-2-9(14)6-11(10)15/h2-6,8H,7,16H2,1H3. The summed E-state index contributed by atoms with van der Waals surface area (Å²) in [6, 6.07) is 7.43. The van der Waals surface area contributed by atoms with E-state index in [0.717, 1.165) is 15.8 Å². The summed E-state index contributed by atoms with van der Waals surface area (Å²) in [5.74, 6) is -0.825. The van der Waals surface area contributed by atoms with E-state index in [1.807, 2.05) is 19.1 Å². The number of halogens is 2. The van der Waals surface area contributed by atoms with Gasteiger partial charge in [-0.05, 0) is 30.8 Å². The molecule has 1 heterocycles. The summed E-state index contributed by atoms with van der Waals surface area (Å²) in [5.41, 5.74) is 6.02. The van der Waals surface area contributed by atoms with E-state index in [1.54, 1.807) is 0 Å². The van der Waals surface area contributed by atoms with Crippen molar-refractivity contribution in [2.45, 2.75) is 12.8 Å². The Balaban J connectivity index is 2.37. The van der Waals surface area contributed by atoms with Gasteiger partial charge in [-0.3, -0.25) is 0 Å². The summed E-state index contributed by atoms with van der Waals surface area (Å²) in [5, 5.41) is 0. The van der Waals surface area contributed by atoms with Gasteiger partial charge in [0.25, 0.3) is 0 Å². The predicted octanol–water partition coefficient (Wildman–Crippen LogP) is 3.76. The van der Waals surface area contributed by atoms with Crippen molar-refractivity contribution in [3.63, 3.8) is 0 Å². The van der Waals surface area contributed by atoms with Crippen LogP contribution in [0.1, 0.15) is 17.7 Å². The predicted molar refractivity (Wildman–Crippen MR) is 67.1 cm³/mol. The second kappa shape index (κ2) is 4.94. The van der Waals surface area contributed by atoms with Crippen LogP contribution in [0.4, 0.5) is 8.78 Å². The first-order chi connectivity index (χ1) is 8.11. The van der Waals surface area contributed by atoms with Gasteiger partial charge in [-0.25, -0.2) is 8.78 Å². The lowest BCUT2D eigenvalue weighted by atomic mass is 10.1. The Kier molecular flexibility index (Phi) is 3.54. The summed E-state index contributed by atoms with van der Waals surface area (Å²) < 4.78 is 26.4. The van der Waals surface area contributed by atoms with Crippen LogP contribution in [0, 0.1) is 11.6 Å². The van der Waals surface area contributed by atoms with E-state index in [9.17, 15) is 8.78 Å². The van der Waals surface area contributed by atoms with Crippen molar-refractivity contribution in [1.82, 2.24) is 0 Å². The number of hydrogen-bond acceptors (Lipinski definition) is 2. The van der Waals surface area contributed by atoms with E-state index in [0.29, 0.717) is 12.1 Å². The van der Waals surface area contributed by atoms with E-state index in [1.165, 1.54) is 23.5 Å². The largest absolute Gasteiger partial charge is 0.330 e.